The first-order chi connectivity index (χ1) is 9.99. The quantitative estimate of drug-likeness (QED) is 0.925. The highest BCUT2D eigenvalue weighted by Gasteiger charge is 2.19. The minimum Gasteiger partial charge on any atom is -0.342 e. The number of hydrogen-bond acceptors (Lipinski definition) is 2. The van der Waals surface area contributed by atoms with Gasteiger partial charge < -0.3 is 10.2 Å². The van der Waals surface area contributed by atoms with Crippen LogP contribution in [0.1, 0.15) is 35.2 Å². The minimum absolute atomic E-state index is 0.220. The molecule has 1 aliphatic rings. The van der Waals surface area contributed by atoms with E-state index in [1.54, 1.807) is 18.9 Å². The molecule has 1 amide bonds. The zero-order chi connectivity index (χ0) is 15.4. The molecule has 21 heavy (non-hydrogen) atoms. The molecule has 1 saturated heterocycles. The average molecular weight is 313 g/mol. The largest absolute Gasteiger partial charge is 0.342 e. The number of piperidine rings is 1. The fraction of sp³-hybridized carbons (Fsp3) is 0.562. The van der Waals surface area contributed by atoms with Gasteiger partial charge in [-0.25, -0.2) is 4.39 Å². The monoisotopic (exact) mass is 312 g/mol. The Morgan fingerprint density at radius 1 is 1.52 bits per heavy atom. The molecule has 0 aliphatic carbocycles. The Balaban J connectivity index is 1.97. The van der Waals surface area contributed by atoms with Crippen molar-refractivity contribution >= 4 is 17.5 Å². The second kappa shape index (κ2) is 7.23. The summed E-state index contributed by atoms with van der Waals surface area (Å²) in [5, 5.41) is 3.68. The zero-order valence-electron chi connectivity index (χ0n) is 12.6. The molecule has 1 N–H and O–H groups in total. The van der Waals surface area contributed by atoms with Gasteiger partial charge in [-0.05, 0) is 62.9 Å². The highest BCUT2D eigenvalue weighted by Crippen LogP contribution is 2.22. The summed E-state index contributed by atoms with van der Waals surface area (Å²) < 4.78 is 13.6. The van der Waals surface area contributed by atoms with E-state index >= 15 is 0 Å². The molecule has 0 saturated carbocycles. The van der Waals surface area contributed by atoms with E-state index in [9.17, 15) is 9.18 Å². The van der Waals surface area contributed by atoms with E-state index in [2.05, 4.69) is 5.32 Å². The van der Waals surface area contributed by atoms with Gasteiger partial charge in [-0.15, -0.1) is 0 Å². The lowest BCUT2D eigenvalue weighted by molar-refractivity contribution is 0.0784. The number of rotatable bonds is 4. The molecular weight excluding hydrogens is 291 g/mol. The minimum atomic E-state index is -0.396. The molecule has 1 aromatic rings. The third kappa shape index (κ3) is 4.17. The Morgan fingerprint density at radius 2 is 2.29 bits per heavy atom. The third-order valence-electron chi connectivity index (χ3n) is 4.10. The van der Waals surface area contributed by atoms with Crippen molar-refractivity contribution in [2.45, 2.75) is 26.2 Å². The number of carbonyl (C=O) groups excluding carboxylic acids is 1. The van der Waals surface area contributed by atoms with E-state index in [1.807, 2.05) is 0 Å². The number of benzene rings is 1. The van der Waals surface area contributed by atoms with Crippen LogP contribution in [0.2, 0.25) is 5.02 Å². The Morgan fingerprint density at radius 3 is 2.95 bits per heavy atom. The van der Waals surface area contributed by atoms with Crippen LogP contribution in [0.25, 0.3) is 0 Å². The van der Waals surface area contributed by atoms with Crippen LogP contribution in [0.4, 0.5) is 4.39 Å². The molecule has 1 atom stereocenters. The number of hydrogen-bond donors (Lipinski definition) is 1. The molecule has 5 heteroatoms. The van der Waals surface area contributed by atoms with E-state index < -0.39 is 5.82 Å². The van der Waals surface area contributed by atoms with Crippen molar-refractivity contribution in [1.82, 2.24) is 10.2 Å². The molecule has 0 radical (unpaired) electrons. The van der Waals surface area contributed by atoms with Crippen molar-refractivity contribution in [2.75, 3.05) is 26.7 Å². The molecular formula is C16H22ClFN2O. The molecule has 1 fully saturated rings. The van der Waals surface area contributed by atoms with Gasteiger partial charge in [0.1, 0.15) is 5.82 Å². The number of amides is 1. The van der Waals surface area contributed by atoms with Gasteiger partial charge >= 0.3 is 0 Å². The summed E-state index contributed by atoms with van der Waals surface area (Å²) in [5.74, 6) is -0.00507. The molecule has 116 valence electrons. The van der Waals surface area contributed by atoms with E-state index in [-0.39, 0.29) is 11.5 Å². The maximum absolute atomic E-state index is 13.6. The highest BCUT2D eigenvalue weighted by molar-refractivity contribution is 6.33. The molecule has 1 unspecified atom stereocenters. The Hall–Kier alpha value is -1.13. The highest BCUT2D eigenvalue weighted by atomic mass is 35.5. The lowest BCUT2D eigenvalue weighted by Gasteiger charge is -2.25. The summed E-state index contributed by atoms with van der Waals surface area (Å²) >= 11 is 6.07. The molecule has 0 spiro atoms. The second-order valence-corrected chi connectivity index (χ2v) is 6.22. The Bertz CT molecular complexity index is 515. The van der Waals surface area contributed by atoms with Gasteiger partial charge in [0, 0.05) is 13.6 Å². The van der Waals surface area contributed by atoms with Crippen LogP contribution in [0.3, 0.4) is 0 Å². The molecule has 1 aliphatic heterocycles. The van der Waals surface area contributed by atoms with Crippen LogP contribution < -0.4 is 5.32 Å². The van der Waals surface area contributed by atoms with Crippen LogP contribution in [0, 0.1) is 18.7 Å². The number of nitrogens with one attached hydrogen (secondary N) is 1. The van der Waals surface area contributed by atoms with Crippen LogP contribution in [0.15, 0.2) is 12.1 Å². The smallest absolute Gasteiger partial charge is 0.255 e. The molecule has 3 nitrogen and oxygen atoms in total. The fourth-order valence-electron chi connectivity index (χ4n) is 2.66. The second-order valence-electron chi connectivity index (χ2n) is 5.81. The van der Waals surface area contributed by atoms with Crippen LogP contribution in [-0.2, 0) is 0 Å². The van der Waals surface area contributed by atoms with Gasteiger partial charge in [-0.1, -0.05) is 11.6 Å². The topological polar surface area (TPSA) is 32.3 Å². The first-order valence-electron chi connectivity index (χ1n) is 7.41. The molecule has 1 heterocycles. The van der Waals surface area contributed by atoms with Gasteiger partial charge in [0.15, 0.2) is 0 Å². The predicted molar refractivity (Wildman–Crippen MR) is 83.3 cm³/mol. The van der Waals surface area contributed by atoms with Crippen LogP contribution in [0.5, 0.6) is 0 Å². The summed E-state index contributed by atoms with van der Waals surface area (Å²) in [6.07, 6.45) is 3.35. The third-order valence-corrected chi connectivity index (χ3v) is 4.41. The molecule has 0 aromatic heterocycles. The van der Waals surface area contributed by atoms with Crippen LogP contribution in [-0.4, -0.2) is 37.5 Å². The van der Waals surface area contributed by atoms with Crippen molar-refractivity contribution < 1.29 is 9.18 Å². The fourth-order valence-corrected chi connectivity index (χ4v) is 2.96. The van der Waals surface area contributed by atoms with E-state index in [1.165, 1.54) is 25.0 Å². The van der Waals surface area contributed by atoms with Crippen molar-refractivity contribution in [3.63, 3.8) is 0 Å². The van der Waals surface area contributed by atoms with Gasteiger partial charge in [-0.2, -0.15) is 0 Å². The zero-order valence-corrected chi connectivity index (χ0v) is 13.3. The number of halogens is 2. The SMILES string of the molecule is Cc1cc(Cl)c(C(=O)N(C)CCC2CCCNC2)cc1F. The van der Waals surface area contributed by atoms with Gasteiger partial charge in [0.2, 0.25) is 0 Å². The molecule has 2 rings (SSSR count). The van der Waals surface area contributed by atoms with E-state index in [4.69, 9.17) is 11.6 Å². The van der Waals surface area contributed by atoms with Gasteiger partial charge in [-0.3, -0.25) is 4.79 Å². The summed E-state index contributed by atoms with van der Waals surface area (Å²) in [6.45, 7) is 4.40. The Labute approximate surface area is 130 Å². The van der Waals surface area contributed by atoms with Crippen molar-refractivity contribution in [3.05, 3.63) is 34.1 Å². The number of carbonyl (C=O) groups is 1. The lowest BCUT2D eigenvalue weighted by atomic mass is 9.96. The van der Waals surface area contributed by atoms with Gasteiger partial charge in [0.05, 0.1) is 10.6 Å². The number of nitrogens with zero attached hydrogens (tertiary/aromatic N) is 1. The van der Waals surface area contributed by atoms with E-state index in [0.717, 1.165) is 19.5 Å². The molecule has 0 bridgehead atoms. The lowest BCUT2D eigenvalue weighted by Crippen LogP contribution is -2.34. The van der Waals surface area contributed by atoms with Crippen molar-refractivity contribution in [3.8, 4) is 0 Å². The van der Waals surface area contributed by atoms with E-state index in [0.29, 0.717) is 23.0 Å². The average Bonchev–Trinajstić information content (AvgIpc) is 2.49. The first-order valence-corrected chi connectivity index (χ1v) is 7.78. The summed E-state index contributed by atoms with van der Waals surface area (Å²) in [7, 11) is 1.74. The normalized spacial score (nSPS) is 18.6. The van der Waals surface area contributed by atoms with Gasteiger partial charge in [0.25, 0.3) is 5.91 Å². The maximum atomic E-state index is 13.6. The Kier molecular flexibility index (Phi) is 5.59. The summed E-state index contributed by atoms with van der Waals surface area (Å²) in [6, 6.07) is 2.74. The number of aryl methyl sites for hydroxylation is 1. The summed E-state index contributed by atoms with van der Waals surface area (Å²) in [5.41, 5.74) is 0.691. The summed E-state index contributed by atoms with van der Waals surface area (Å²) in [4.78, 5) is 14.0. The predicted octanol–water partition coefficient (Wildman–Crippen LogP) is 3.25. The van der Waals surface area contributed by atoms with Crippen molar-refractivity contribution in [1.29, 1.82) is 0 Å². The first kappa shape index (κ1) is 16.2. The molecule has 1 aromatic carbocycles. The van der Waals surface area contributed by atoms with Crippen LogP contribution >= 0.6 is 11.6 Å². The maximum Gasteiger partial charge on any atom is 0.255 e. The standard InChI is InChI=1S/C16H22ClFN2O/c1-11-8-14(17)13(9-15(11)18)16(21)20(2)7-5-12-4-3-6-19-10-12/h8-9,12,19H,3-7,10H2,1-2H3. The van der Waals surface area contributed by atoms with Crippen molar-refractivity contribution in [2.24, 2.45) is 5.92 Å².